The molecule has 0 bridgehead atoms. The summed E-state index contributed by atoms with van der Waals surface area (Å²) in [6.45, 7) is 8.08. The highest BCUT2D eigenvalue weighted by Crippen LogP contribution is 2.39. The molecule has 1 aliphatic rings. The fraction of sp³-hybridized carbons (Fsp3) is 0.571. The maximum atomic E-state index is 13.8. The zero-order valence-electron chi connectivity index (χ0n) is 16.8. The second-order valence-electron chi connectivity index (χ2n) is 8.55. The topological polar surface area (TPSA) is 90.6 Å². The number of nitriles is 1. The second kappa shape index (κ2) is 8.17. The molecule has 1 aliphatic heterocycles. The fourth-order valence-electron chi connectivity index (χ4n) is 3.22. The summed E-state index contributed by atoms with van der Waals surface area (Å²) < 4.78 is 19.5. The number of esters is 1. The van der Waals surface area contributed by atoms with Crippen molar-refractivity contribution in [2.24, 2.45) is 10.8 Å². The first kappa shape index (κ1) is 21.7. The monoisotopic (exact) mass is 390 g/mol. The molecule has 6 nitrogen and oxygen atoms in total. The summed E-state index contributed by atoms with van der Waals surface area (Å²) in [7, 11) is 0. The van der Waals surface area contributed by atoms with E-state index in [2.05, 4.69) is 0 Å². The maximum absolute atomic E-state index is 13.8. The molecule has 1 amide bonds. The smallest absolute Gasteiger partial charge is 0.407 e. The predicted octanol–water partition coefficient (Wildman–Crippen LogP) is 3.98. The molecule has 28 heavy (non-hydrogen) atoms. The van der Waals surface area contributed by atoms with Crippen LogP contribution in [0.15, 0.2) is 18.2 Å². The van der Waals surface area contributed by atoms with Crippen molar-refractivity contribution in [2.45, 2.75) is 53.1 Å². The summed E-state index contributed by atoms with van der Waals surface area (Å²) in [6, 6.07) is 5.91. The van der Waals surface area contributed by atoms with E-state index >= 15 is 0 Å². The van der Waals surface area contributed by atoms with Gasteiger partial charge in [-0.2, -0.15) is 5.26 Å². The molecule has 1 heterocycles. The van der Waals surface area contributed by atoms with Gasteiger partial charge in [-0.1, -0.05) is 20.8 Å². The first-order chi connectivity index (χ1) is 13.0. The molecule has 0 aliphatic carbocycles. The number of carboxylic acid groups (broad SMARTS) is 1. The summed E-state index contributed by atoms with van der Waals surface area (Å²) in [4.78, 5) is 25.7. The molecular formula is C21H27FN2O4. The highest BCUT2D eigenvalue weighted by atomic mass is 19.1. The van der Waals surface area contributed by atoms with Crippen LogP contribution < -0.4 is 0 Å². The molecule has 2 rings (SSSR count). The molecule has 1 atom stereocenters. The summed E-state index contributed by atoms with van der Waals surface area (Å²) >= 11 is 0. The molecule has 1 unspecified atom stereocenters. The van der Waals surface area contributed by atoms with Gasteiger partial charge in [-0.05, 0) is 55.4 Å². The van der Waals surface area contributed by atoms with Crippen LogP contribution in [0.2, 0.25) is 0 Å². The average Bonchev–Trinajstić information content (AvgIpc) is 2.61. The Bertz CT molecular complexity index is 787. The molecule has 152 valence electrons. The van der Waals surface area contributed by atoms with Crippen molar-refractivity contribution in [1.29, 1.82) is 5.26 Å². The van der Waals surface area contributed by atoms with E-state index in [-0.39, 0.29) is 43.9 Å². The van der Waals surface area contributed by atoms with Crippen LogP contribution in [0.4, 0.5) is 9.18 Å². The number of benzene rings is 1. The first-order valence-corrected chi connectivity index (χ1v) is 9.36. The Morgan fingerprint density at radius 1 is 1.36 bits per heavy atom. The van der Waals surface area contributed by atoms with Gasteiger partial charge < -0.3 is 14.7 Å². The first-order valence-electron chi connectivity index (χ1n) is 9.36. The van der Waals surface area contributed by atoms with Crippen LogP contribution in [0.3, 0.4) is 0 Å². The number of hydrogen-bond donors (Lipinski definition) is 1. The Labute approximate surface area is 164 Å². The van der Waals surface area contributed by atoms with Gasteiger partial charge in [-0.25, -0.2) is 9.18 Å². The van der Waals surface area contributed by atoms with Gasteiger partial charge in [0.05, 0.1) is 17.0 Å². The molecule has 0 radical (unpaired) electrons. The largest absolute Gasteiger partial charge is 0.465 e. The number of rotatable bonds is 4. The van der Waals surface area contributed by atoms with E-state index in [1.807, 2.05) is 33.8 Å². The van der Waals surface area contributed by atoms with Crippen molar-refractivity contribution >= 4 is 12.1 Å². The number of carbonyl (C=O) groups excluding carboxylic acids is 1. The molecule has 0 spiro atoms. The van der Waals surface area contributed by atoms with Crippen molar-refractivity contribution in [3.05, 3.63) is 35.1 Å². The Morgan fingerprint density at radius 3 is 2.46 bits per heavy atom. The van der Waals surface area contributed by atoms with Crippen molar-refractivity contribution in [3.63, 3.8) is 0 Å². The Balaban J connectivity index is 2.35. The van der Waals surface area contributed by atoms with Gasteiger partial charge in [-0.3, -0.25) is 4.79 Å². The van der Waals surface area contributed by atoms with Crippen molar-refractivity contribution in [3.8, 4) is 6.07 Å². The molecule has 1 saturated heterocycles. The maximum Gasteiger partial charge on any atom is 0.407 e. The molecule has 1 fully saturated rings. The number of nitrogens with zero attached hydrogens (tertiary/aromatic N) is 2. The van der Waals surface area contributed by atoms with Crippen LogP contribution in [0.5, 0.6) is 0 Å². The van der Waals surface area contributed by atoms with Gasteiger partial charge in [-0.15, -0.1) is 0 Å². The number of carbonyl (C=O) groups is 2. The van der Waals surface area contributed by atoms with Gasteiger partial charge in [0.15, 0.2) is 0 Å². The zero-order chi connectivity index (χ0) is 21.1. The molecule has 0 saturated carbocycles. The number of amides is 1. The fourth-order valence-corrected chi connectivity index (χ4v) is 3.22. The van der Waals surface area contributed by atoms with Crippen LogP contribution >= 0.6 is 0 Å². The lowest BCUT2D eigenvalue weighted by Gasteiger charge is -2.40. The summed E-state index contributed by atoms with van der Waals surface area (Å²) in [5.74, 6) is -0.906. The number of ether oxygens (including phenoxy) is 1. The van der Waals surface area contributed by atoms with E-state index in [0.29, 0.717) is 11.1 Å². The SMILES string of the molecule is CC(OC(=O)C1(Cc2cc(F)ccc2C#N)CCN(C(=O)O)CC1)C(C)(C)C. The van der Waals surface area contributed by atoms with Crippen LogP contribution in [0.25, 0.3) is 0 Å². The highest BCUT2D eigenvalue weighted by Gasteiger charge is 2.45. The number of halogens is 1. The second-order valence-corrected chi connectivity index (χ2v) is 8.55. The lowest BCUT2D eigenvalue weighted by molar-refractivity contribution is -0.169. The summed E-state index contributed by atoms with van der Waals surface area (Å²) in [6.07, 6.45) is -0.727. The van der Waals surface area contributed by atoms with Crippen molar-refractivity contribution in [1.82, 2.24) is 4.90 Å². The van der Waals surface area contributed by atoms with E-state index in [0.717, 1.165) is 0 Å². The van der Waals surface area contributed by atoms with Crippen LogP contribution in [0.1, 0.15) is 51.7 Å². The Morgan fingerprint density at radius 2 is 1.96 bits per heavy atom. The van der Waals surface area contributed by atoms with E-state index < -0.39 is 23.3 Å². The van der Waals surface area contributed by atoms with Gasteiger partial charge in [0.1, 0.15) is 11.9 Å². The molecule has 1 N–H and O–H groups in total. The Hall–Kier alpha value is -2.62. The summed E-state index contributed by atoms with van der Waals surface area (Å²) in [5.41, 5.74) is -0.509. The number of hydrogen-bond acceptors (Lipinski definition) is 4. The van der Waals surface area contributed by atoms with E-state index in [1.54, 1.807) is 0 Å². The minimum atomic E-state index is -1.03. The minimum absolute atomic E-state index is 0.136. The van der Waals surface area contributed by atoms with Gasteiger partial charge >= 0.3 is 12.1 Å². The van der Waals surface area contributed by atoms with Crippen LogP contribution in [0, 0.1) is 28.0 Å². The number of piperidine rings is 1. The third kappa shape index (κ3) is 4.80. The van der Waals surface area contributed by atoms with Crippen LogP contribution in [-0.4, -0.2) is 41.3 Å². The van der Waals surface area contributed by atoms with E-state index in [9.17, 15) is 24.3 Å². The predicted molar refractivity (Wildman–Crippen MR) is 101 cm³/mol. The third-order valence-electron chi connectivity index (χ3n) is 5.64. The average molecular weight is 390 g/mol. The molecule has 1 aromatic rings. The molecule has 7 heteroatoms. The zero-order valence-corrected chi connectivity index (χ0v) is 16.8. The lowest BCUT2D eigenvalue weighted by Crippen LogP contribution is -2.49. The normalized spacial score (nSPS) is 17.5. The van der Waals surface area contributed by atoms with Crippen molar-refractivity contribution in [2.75, 3.05) is 13.1 Å². The van der Waals surface area contributed by atoms with Gasteiger partial charge in [0.25, 0.3) is 0 Å². The highest BCUT2D eigenvalue weighted by molar-refractivity contribution is 5.78. The number of likely N-dealkylation sites (tertiary alicyclic amines) is 1. The summed E-state index contributed by atoms with van der Waals surface area (Å²) in [5, 5.41) is 18.6. The minimum Gasteiger partial charge on any atom is -0.465 e. The third-order valence-corrected chi connectivity index (χ3v) is 5.64. The van der Waals surface area contributed by atoms with E-state index in [4.69, 9.17) is 4.74 Å². The standard InChI is InChI=1S/C21H27FN2O4/c1-14(20(2,3)4)28-18(25)21(7-9-24(10-8-21)19(26)27)12-16-11-17(22)6-5-15(16)13-23/h5-6,11,14H,7-10,12H2,1-4H3,(H,26,27). The van der Waals surface area contributed by atoms with Gasteiger partial charge in [0, 0.05) is 13.1 Å². The molecular weight excluding hydrogens is 363 g/mol. The lowest BCUT2D eigenvalue weighted by atomic mass is 9.73. The van der Waals surface area contributed by atoms with Crippen molar-refractivity contribution < 1.29 is 23.8 Å². The molecule has 0 aromatic heterocycles. The Kier molecular flexibility index (Phi) is 6.33. The van der Waals surface area contributed by atoms with E-state index in [1.165, 1.54) is 23.1 Å². The van der Waals surface area contributed by atoms with Gasteiger partial charge in [0.2, 0.25) is 0 Å². The quantitative estimate of drug-likeness (QED) is 0.786. The molecule has 1 aromatic carbocycles. The van der Waals surface area contributed by atoms with Crippen LogP contribution in [-0.2, 0) is 16.0 Å².